The third-order valence-corrected chi connectivity index (χ3v) is 2.78. The van der Waals surface area contributed by atoms with Crippen molar-refractivity contribution in [3.05, 3.63) is 21.9 Å². The van der Waals surface area contributed by atoms with E-state index in [1.165, 1.54) is 12.1 Å². The number of thiophene rings is 1. The molecule has 70 valence electrons. The molecule has 13 heavy (non-hydrogen) atoms. The lowest BCUT2D eigenvalue weighted by Gasteiger charge is -2.10. The topological polar surface area (TPSA) is 49.8 Å². The van der Waals surface area contributed by atoms with Gasteiger partial charge in [0.2, 0.25) is 6.43 Å². The fourth-order valence-electron chi connectivity index (χ4n) is 0.955. The van der Waals surface area contributed by atoms with Gasteiger partial charge in [-0.05, 0) is 12.1 Å². The lowest BCUT2D eigenvalue weighted by atomic mass is 10.1. The molecule has 2 N–H and O–H groups in total. The molecule has 0 aliphatic rings. The van der Waals surface area contributed by atoms with Crippen molar-refractivity contribution in [3.63, 3.8) is 0 Å². The van der Waals surface area contributed by atoms with Gasteiger partial charge in [-0.2, -0.15) is 5.26 Å². The Balaban J connectivity index is 2.87. The summed E-state index contributed by atoms with van der Waals surface area (Å²) in [7, 11) is 0. The van der Waals surface area contributed by atoms with Crippen LogP contribution in [0.5, 0.6) is 0 Å². The molecule has 0 saturated carbocycles. The van der Waals surface area contributed by atoms with E-state index in [1.54, 1.807) is 0 Å². The molecule has 0 spiro atoms. The van der Waals surface area contributed by atoms with Crippen LogP contribution in [0.25, 0.3) is 0 Å². The summed E-state index contributed by atoms with van der Waals surface area (Å²) in [5.74, 6) is -0.938. The normalized spacial score (nSPS) is 12.8. The van der Waals surface area contributed by atoms with Gasteiger partial charge >= 0.3 is 0 Å². The zero-order chi connectivity index (χ0) is 9.84. The van der Waals surface area contributed by atoms with E-state index < -0.39 is 12.3 Å². The summed E-state index contributed by atoms with van der Waals surface area (Å²) in [6.45, 7) is -0.0942. The van der Waals surface area contributed by atoms with Gasteiger partial charge in [-0.25, -0.2) is 8.78 Å². The first-order valence-electron chi connectivity index (χ1n) is 3.67. The average Bonchev–Trinajstić information content (AvgIpc) is 2.53. The van der Waals surface area contributed by atoms with Crippen LogP contribution in [0.4, 0.5) is 8.78 Å². The summed E-state index contributed by atoms with van der Waals surface area (Å²) >= 11 is 1.07. The molecule has 0 aliphatic heterocycles. The van der Waals surface area contributed by atoms with Gasteiger partial charge in [0.15, 0.2) is 0 Å². The van der Waals surface area contributed by atoms with Gasteiger partial charge in [0.05, 0.1) is 5.92 Å². The van der Waals surface area contributed by atoms with Crippen LogP contribution in [-0.4, -0.2) is 13.0 Å². The summed E-state index contributed by atoms with van der Waals surface area (Å²) in [4.78, 5) is 0.920. The first-order chi connectivity index (χ1) is 6.19. The first kappa shape index (κ1) is 10.1. The van der Waals surface area contributed by atoms with Crippen LogP contribution in [0.2, 0.25) is 0 Å². The first-order valence-corrected chi connectivity index (χ1v) is 4.48. The molecule has 0 fully saturated rings. The van der Waals surface area contributed by atoms with Crippen molar-refractivity contribution >= 4 is 11.3 Å². The van der Waals surface area contributed by atoms with Crippen LogP contribution in [-0.2, 0) is 0 Å². The molecule has 1 atom stereocenters. The molecule has 0 radical (unpaired) electrons. The van der Waals surface area contributed by atoms with Gasteiger partial charge in [0.25, 0.3) is 0 Å². The number of alkyl halides is 2. The van der Waals surface area contributed by atoms with E-state index in [2.05, 4.69) is 0 Å². The summed E-state index contributed by atoms with van der Waals surface area (Å²) in [6, 6.07) is 4.97. The van der Waals surface area contributed by atoms with Crippen LogP contribution in [0, 0.1) is 11.3 Å². The fourth-order valence-corrected chi connectivity index (χ4v) is 1.88. The lowest BCUT2D eigenvalue weighted by Crippen LogP contribution is -2.18. The largest absolute Gasteiger partial charge is 0.330 e. The number of nitrogens with zero attached hydrogens (tertiary/aromatic N) is 1. The van der Waals surface area contributed by atoms with E-state index in [0.717, 1.165) is 11.3 Å². The second kappa shape index (κ2) is 4.30. The average molecular weight is 202 g/mol. The molecule has 1 unspecified atom stereocenters. The highest BCUT2D eigenvalue weighted by atomic mass is 32.1. The van der Waals surface area contributed by atoms with E-state index >= 15 is 0 Å². The Kier molecular flexibility index (Phi) is 3.34. The maximum absolute atomic E-state index is 12.3. The second-order valence-electron chi connectivity index (χ2n) is 2.49. The molecule has 0 aromatic carbocycles. The molecule has 2 nitrogen and oxygen atoms in total. The zero-order valence-electron chi connectivity index (χ0n) is 6.71. The van der Waals surface area contributed by atoms with Crippen molar-refractivity contribution in [2.24, 2.45) is 5.73 Å². The second-order valence-corrected chi connectivity index (χ2v) is 3.61. The molecule has 1 rings (SSSR count). The van der Waals surface area contributed by atoms with Crippen molar-refractivity contribution in [2.45, 2.75) is 12.3 Å². The predicted octanol–water partition coefficient (Wildman–Crippen LogP) is 1.93. The third-order valence-electron chi connectivity index (χ3n) is 1.66. The highest BCUT2D eigenvalue weighted by molar-refractivity contribution is 7.12. The minimum atomic E-state index is -2.46. The van der Waals surface area contributed by atoms with Crippen molar-refractivity contribution < 1.29 is 8.78 Å². The Morgan fingerprint density at radius 1 is 1.54 bits per heavy atom. The van der Waals surface area contributed by atoms with Crippen LogP contribution in [0.3, 0.4) is 0 Å². The van der Waals surface area contributed by atoms with E-state index in [-0.39, 0.29) is 6.54 Å². The summed E-state index contributed by atoms with van der Waals surface area (Å²) in [6.07, 6.45) is -2.46. The summed E-state index contributed by atoms with van der Waals surface area (Å²) in [5, 5.41) is 8.49. The molecule has 0 saturated heterocycles. The molecule has 1 aromatic heterocycles. The van der Waals surface area contributed by atoms with Crippen molar-refractivity contribution in [1.82, 2.24) is 0 Å². The maximum Gasteiger partial charge on any atom is 0.247 e. The number of hydrogen-bond donors (Lipinski definition) is 1. The molecular weight excluding hydrogens is 194 g/mol. The molecule has 0 amide bonds. The number of rotatable bonds is 3. The van der Waals surface area contributed by atoms with Crippen LogP contribution in [0.15, 0.2) is 12.1 Å². The molecule has 1 aromatic rings. The van der Waals surface area contributed by atoms with Crippen LogP contribution >= 0.6 is 11.3 Å². The number of hydrogen-bond acceptors (Lipinski definition) is 3. The predicted molar refractivity (Wildman–Crippen MR) is 46.8 cm³/mol. The van der Waals surface area contributed by atoms with E-state index in [1.807, 2.05) is 6.07 Å². The van der Waals surface area contributed by atoms with Crippen LogP contribution < -0.4 is 5.73 Å². The Labute approximate surface area is 78.6 Å². The van der Waals surface area contributed by atoms with E-state index in [4.69, 9.17) is 11.0 Å². The summed E-state index contributed by atoms with van der Waals surface area (Å²) < 4.78 is 24.7. The lowest BCUT2D eigenvalue weighted by molar-refractivity contribution is 0.118. The van der Waals surface area contributed by atoms with Gasteiger partial charge in [0.1, 0.15) is 10.9 Å². The third kappa shape index (κ3) is 2.23. The minimum absolute atomic E-state index is 0.0942. The van der Waals surface area contributed by atoms with Crippen LogP contribution in [0.1, 0.15) is 15.7 Å². The number of nitriles is 1. The van der Waals surface area contributed by atoms with Gasteiger partial charge in [0, 0.05) is 11.4 Å². The standard InChI is InChI=1S/C8H8F2N2S/c9-8(10)6(4-12)7-2-1-5(3-11)13-7/h1-2,6,8H,4,12H2. The van der Waals surface area contributed by atoms with Gasteiger partial charge < -0.3 is 5.73 Å². The Bertz CT molecular complexity index is 316. The SMILES string of the molecule is N#Cc1ccc(C(CN)C(F)F)s1. The van der Waals surface area contributed by atoms with Gasteiger partial charge in [-0.15, -0.1) is 11.3 Å². The monoisotopic (exact) mass is 202 g/mol. The molecule has 0 bridgehead atoms. The Morgan fingerprint density at radius 2 is 2.23 bits per heavy atom. The Hall–Kier alpha value is -0.990. The van der Waals surface area contributed by atoms with E-state index in [0.29, 0.717) is 9.75 Å². The van der Waals surface area contributed by atoms with Gasteiger partial charge in [-0.3, -0.25) is 0 Å². The summed E-state index contributed by atoms with van der Waals surface area (Å²) in [5.41, 5.74) is 5.20. The molecular formula is C8H8F2N2S. The quantitative estimate of drug-likeness (QED) is 0.814. The fraction of sp³-hybridized carbons (Fsp3) is 0.375. The highest BCUT2D eigenvalue weighted by Crippen LogP contribution is 2.28. The maximum atomic E-state index is 12.3. The van der Waals surface area contributed by atoms with Gasteiger partial charge in [-0.1, -0.05) is 0 Å². The van der Waals surface area contributed by atoms with Crippen molar-refractivity contribution in [2.75, 3.05) is 6.54 Å². The van der Waals surface area contributed by atoms with Crippen molar-refractivity contribution in [3.8, 4) is 6.07 Å². The zero-order valence-corrected chi connectivity index (χ0v) is 7.52. The number of halogens is 2. The van der Waals surface area contributed by atoms with E-state index in [9.17, 15) is 8.78 Å². The smallest absolute Gasteiger partial charge is 0.247 e. The molecule has 1 heterocycles. The minimum Gasteiger partial charge on any atom is -0.330 e. The number of nitrogens with two attached hydrogens (primary N) is 1. The molecule has 0 aliphatic carbocycles. The highest BCUT2D eigenvalue weighted by Gasteiger charge is 2.22. The van der Waals surface area contributed by atoms with Crippen molar-refractivity contribution in [1.29, 1.82) is 5.26 Å². The Morgan fingerprint density at radius 3 is 2.62 bits per heavy atom. The molecule has 5 heteroatoms.